The minimum atomic E-state index is -3.92. The molecule has 142 valence electrons. The van der Waals surface area contributed by atoms with Gasteiger partial charge in [0.2, 0.25) is 0 Å². The molecule has 0 spiro atoms. The Hall–Kier alpha value is -1.81. The average molecular weight is 472 g/mol. The predicted molar refractivity (Wildman–Crippen MR) is 104 cm³/mol. The molecule has 0 aromatic heterocycles. The first-order valence-electron chi connectivity index (χ1n) is 8.30. The molecule has 0 unspecified atom stereocenters. The zero-order valence-corrected chi connectivity index (χ0v) is 17.0. The summed E-state index contributed by atoms with van der Waals surface area (Å²) in [6.45, 7) is 0. The van der Waals surface area contributed by atoms with E-state index < -0.39 is 14.1 Å². The summed E-state index contributed by atoms with van der Waals surface area (Å²) in [6, 6.07) is 23.4. The Morgan fingerprint density at radius 3 is 2.33 bits per heavy atom. The van der Waals surface area contributed by atoms with Gasteiger partial charge in [0.05, 0.1) is 10.1 Å². The third-order valence-corrected chi connectivity index (χ3v) is 5.00. The molecule has 0 saturated carbocycles. The van der Waals surface area contributed by atoms with Crippen LogP contribution in [0.1, 0.15) is 12.0 Å². The summed E-state index contributed by atoms with van der Waals surface area (Å²) in [5.74, 6) is 0. The van der Waals surface area contributed by atoms with Crippen molar-refractivity contribution < 1.29 is 32.2 Å². The molecule has 6 heteroatoms. The first-order valence-corrected chi connectivity index (χ1v) is 10.9. The second-order valence-electron chi connectivity index (χ2n) is 6.41. The molecule has 1 atom stereocenters. The Morgan fingerprint density at radius 2 is 1.59 bits per heavy atom. The zero-order chi connectivity index (χ0) is 19.7. The molecule has 0 heterocycles. The molecule has 3 aromatic carbocycles. The molecule has 4 rings (SSSR count). The SMILES string of the molecule is CS(=O)(=O)[O-].N[C@]1([Pd+])CC=c2ccccc2=C1c1cccc2ccccc12. The quantitative estimate of drug-likeness (QED) is 0.431. The third kappa shape index (κ3) is 4.73. The van der Waals surface area contributed by atoms with Gasteiger partial charge in [-0.1, -0.05) is 0 Å². The number of rotatable bonds is 1. The summed E-state index contributed by atoms with van der Waals surface area (Å²) in [5, 5.41) is 4.97. The number of nitrogens with two attached hydrogens (primary N) is 1. The first-order chi connectivity index (χ1) is 12.7. The van der Waals surface area contributed by atoms with Crippen LogP contribution in [0.4, 0.5) is 0 Å². The maximum absolute atomic E-state index is 9.08. The topological polar surface area (TPSA) is 83.2 Å². The van der Waals surface area contributed by atoms with E-state index in [0.29, 0.717) is 6.26 Å². The van der Waals surface area contributed by atoms with Gasteiger partial charge in [0.1, 0.15) is 0 Å². The summed E-state index contributed by atoms with van der Waals surface area (Å²) in [7, 11) is -3.92. The fraction of sp³-hybridized carbons (Fsp3) is 0.143. The Bertz CT molecular complexity index is 1200. The third-order valence-electron chi connectivity index (χ3n) is 4.30. The van der Waals surface area contributed by atoms with Crippen LogP contribution in [0.2, 0.25) is 0 Å². The Labute approximate surface area is 169 Å². The van der Waals surface area contributed by atoms with Crippen molar-refractivity contribution in [2.24, 2.45) is 5.73 Å². The summed E-state index contributed by atoms with van der Waals surface area (Å²) in [4.78, 5) is 0. The van der Waals surface area contributed by atoms with E-state index in [9.17, 15) is 0 Å². The normalized spacial score (nSPS) is 18.9. The maximum atomic E-state index is 9.08. The van der Waals surface area contributed by atoms with Crippen molar-refractivity contribution in [3.05, 3.63) is 82.7 Å². The molecule has 27 heavy (non-hydrogen) atoms. The zero-order valence-electron chi connectivity index (χ0n) is 14.7. The van der Waals surface area contributed by atoms with E-state index in [1.807, 2.05) is 0 Å². The molecule has 4 nitrogen and oxygen atoms in total. The van der Waals surface area contributed by atoms with Crippen LogP contribution in [0.25, 0.3) is 22.4 Å². The van der Waals surface area contributed by atoms with Gasteiger partial charge in [-0.05, 0) is 0 Å². The molecule has 0 bridgehead atoms. The Kier molecular flexibility index (Phi) is 5.66. The van der Waals surface area contributed by atoms with E-state index in [2.05, 4.69) is 92.0 Å². The number of fused-ring (bicyclic) bond motifs is 2. The van der Waals surface area contributed by atoms with Crippen LogP contribution in [0.3, 0.4) is 0 Å². The summed E-state index contributed by atoms with van der Waals surface area (Å²) in [6.07, 6.45) is 3.62. The Morgan fingerprint density at radius 1 is 1.00 bits per heavy atom. The van der Waals surface area contributed by atoms with Crippen LogP contribution in [0.5, 0.6) is 0 Å². The summed E-state index contributed by atoms with van der Waals surface area (Å²) < 4.78 is 26.7. The van der Waals surface area contributed by atoms with Gasteiger partial charge in [-0.3, -0.25) is 0 Å². The van der Waals surface area contributed by atoms with Crippen LogP contribution < -0.4 is 16.2 Å². The monoisotopic (exact) mass is 471 g/mol. The molecular weight excluding hydrogens is 453 g/mol. The van der Waals surface area contributed by atoms with Crippen LogP contribution in [-0.2, 0) is 29.3 Å². The molecule has 0 saturated heterocycles. The fourth-order valence-electron chi connectivity index (χ4n) is 3.28. The molecular formula is C21H19NO3PdS. The van der Waals surface area contributed by atoms with E-state index in [-0.39, 0.29) is 0 Å². The van der Waals surface area contributed by atoms with Crippen LogP contribution in [0.15, 0.2) is 66.7 Å². The Balaban J connectivity index is 0.000000376. The molecule has 0 radical (unpaired) electrons. The molecule has 3 aromatic rings. The van der Waals surface area contributed by atoms with E-state index in [4.69, 9.17) is 18.7 Å². The second-order valence-corrected chi connectivity index (χ2v) is 9.20. The van der Waals surface area contributed by atoms with Gasteiger partial charge in [0, 0.05) is 6.26 Å². The van der Waals surface area contributed by atoms with E-state index >= 15 is 0 Å². The summed E-state index contributed by atoms with van der Waals surface area (Å²) >= 11 is 3.44. The van der Waals surface area contributed by atoms with Crippen molar-refractivity contribution in [1.82, 2.24) is 0 Å². The molecule has 0 amide bonds. The van der Waals surface area contributed by atoms with Gasteiger partial charge in [-0.2, -0.15) is 0 Å². The van der Waals surface area contributed by atoms with Crippen molar-refractivity contribution in [2.75, 3.05) is 6.26 Å². The van der Waals surface area contributed by atoms with Gasteiger partial charge in [-0.15, -0.1) is 0 Å². The minimum absolute atomic E-state index is 0.499. The van der Waals surface area contributed by atoms with Crippen LogP contribution in [-0.4, -0.2) is 23.2 Å². The van der Waals surface area contributed by atoms with Gasteiger partial charge in [0.25, 0.3) is 0 Å². The second kappa shape index (κ2) is 7.67. The molecule has 2 N–H and O–H groups in total. The van der Waals surface area contributed by atoms with E-state index in [0.717, 1.165) is 6.42 Å². The van der Waals surface area contributed by atoms with Crippen molar-refractivity contribution in [2.45, 2.75) is 10.4 Å². The van der Waals surface area contributed by atoms with Crippen molar-refractivity contribution in [3.63, 3.8) is 0 Å². The molecule has 0 fully saturated rings. The summed E-state index contributed by atoms with van der Waals surface area (Å²) in [5.41, 5.74) is 9.03. The average Bonchev–Trinajstić information content (AvgIpc) is 2.59. The van der Waals surface area contributed by atoms with E-state index in [1.165, 1.54) is 32.3 Å². The van der Waals surface area contributed by atoms with Gasteiger partial charge < -0.3 is 4.55 Å². The molecule has 1 aliphatic rings. The first kappa shape index (κ1) is 19.9. The van der Waals surface area contributed by atoms with Crippen molar-refractivity contribution >= 4 is 32.5 Å². The van der Waals surface area contributed by atoms with Gasteiger partial charge in [-0.25, -0.2) is 8.42 Å². The fourth-order valence-corrected chi connectivity index (χ4v) is 3.85. The van der Waals surface area contributed by atoms with Gasteiger partial charge in [0.15, 0.2) is 0 Å². The standard InChI is InChI=1S/C20H16N.CH4O3S.Pd/c21-19-13-12-15-7-2-4-10-17(15)20(19)18-11-5-8-14-6-1-3-9-16(14)18;1-5(2,3)4;/h1-12H,13,21H2;1H3,(H,2,3,4);/q;;+1/p-1. The number of hydrogen-bond acceptors (Lipinski definition) is 4. The number of hydrogen-bond donors (Lipinski definition) is 1. The van der Waals surface area contributed by atoms with Crippen molar-refractivity contribution in [1.29, 1.82) is 0 Å². The van der Waals surface area contributed by atoms with Gasteiger partial charge >= 0.3 is 141 Å². The number of benzene rings is 3. The molecule has 0 aliphatic heterocycles. The molecule has 1 aliphatic carbocycles. The predicted octanol–water partition coefficient (Wildman–Crippen LogP) is 1.59. The van der Waals surface area contributed by atoms with Crippen molar-refractivity contribution in [3.8, 4) is 0 Å². The van der Waals surface area contributed by atoms with E-state index in [1.54, 1.807) is 0 Å². The van der Waals surface area contributed by atoms with Crippen LogP contribution >= 0.6 is 0 Å². The van der Waals surface area contributed by atoms with Crippen LogP contribution in [0, 0.1) is 0 Å².